The maximum atomic E-state index is 13.5. The van der Waals surface area contributed by atoms with Crippen molar-refractivity contribution in [3.05, 3.63) is 59.4 Å². The molecule has 21 heavy (non-hydrogen) atoms. The molecule has 0 spiro atoms. The summed E-state index contributed by atoms with van der Waals surface area (Å²) in [6.07, 6.45) is 0. The van der Waals surface area contributed by atoms with Crippen LogP contribution in [0.3, 0.4) is 0 Å². The second kappa shape index (κ2) is 6.55. The van der Waals surface area contributed by atoms with E-state index in [0.29, 0.717) is 11.3 Å². The second-order valence-electron chi connectivity index (χ2n) is 4.20. The lowest BCUT2D eigenvalue weighted by atomic mass is 10.1. The molecule has 1 amide bonds. The minimum atomic E-state index is -0.480. The van der Waals surface area contributed by atoms with Crippen LogP contribution in [0.1, 0.15) is 15.9 Å². The number of rotatable bonds is 2. The molecule has 0 aliphatic heterocycles. The monoisotopic (exact) mass is 284 g/mol. The molecule has 5 heteroatoms. The molecule has 4 nitrogen and oxygen atoms in total. The molecule has 0 aromatic heterocycles. The first kappa shape index (κ1) is 14.6. The van der Waals surface area contributed by atoms with Crippen LogP contribution < -0.4 is 11.1 Å². The number of nitrogens with one attached hydrogen (secondary N) is 1. The number of anilines is 1. The molecule has 2 aromatic carbocycles. The average molecular weight is 284 g/mol. The van der Waals surface area contributed by atoms with Crippen molar-refractivity contribution >= 4 is 11.6 Å². The van der Waals surface area contributed by atoms with E-state index >= 15 is 0 Å². The predicted molar refractivity (Wildman–Crippen MR) is 78.4 cm³/mol. The van der Waals surface area contributed by atoms with Crippen molar-refractivity contribution in [3.8, 4) is 17.6 Å². The van der Waals surface area contributed by atoms with Crippen molar-refractivity contribution < 1.29 is 14.3 Å². The van der Waals surface area contributed by atoms with Gasteiger partial charge in [-0.25, -0.2) is 4.39 Å². The molecule has 0 unspecified atom stereocenters. The number of carbonyl (C=O) groups excluding carboxylic acids is 1. The maximum absolute atomic E-state index is 13.5. The summed E-state index contributed by atoms with van der Waals surface area (Å²) in [5, 5.41) is 12.0. The summed E-state index contributed by atoms with van der Waals surface area (Å²) in [7, 11) is 0. The number of carbonyl (C=O) groups is 1. The summed E-state index contributed by atoms with van der Waals surface area (Å²) >= 11 is 0. The lowest BCUT2D eigenvalue weighted by Crippen LogP contribution is -2.11. The number of benzene rings is 2. The van der Waals surface area contributed by atoms with Crippen molar-refractivity contribution in [1.29, 1.82) is 0 Å². The first-order valence-corrected chi connectivity index (χ1v) is 6.19. The van der Waals surface area contributed by atoms with Gasteiger partial charge in [-0.1, -0.05) is 17.9 Å². The topological polar surface area (TPSA) is 75.3 Å². The molecule has 4 N–H and O–H groups in total. The molecule has 0 aliphatic rings. The Morgan fingerprint density at radius 2 is 2.10 bits per heavy atom. The molecule has 0 bridgehead atoms. The van der Waals surface area contributed by atoms with Crippen molar-refractivity contribution in [2.75, 3.05) is 11.9 Å². The fourth-order valence-electron chi connectivity index (χ4n) is 1.70. The number of halogens is 1. The van der Waals surface area contributed by atoms with Gasteiger partial charge in [0.1, 0.15) is 11.6 Å². The zero-order valence-corrected chi connectivity index (χ0v) is 11.1. The first-order valence-electron chi connectivity index (χ1n) is 6.19. The number of phenolic OH excluding ortho intramolecular Hbond substituents is 1. The van der Waals surface area contributed by atoms with E-state index < -0.39 is 11.7 Å². The van der Waals surface area contributed by atoms with Crippen LogP contribution in [0.5, 0.6) is 5.75 Å². The van der Waals surface area contributed by atoms with Gasteiger partial charge in [0.2, 0.25) is 0 Å². The summed E-state index contributed by atoms with van der Waals surface area (Å²) in [6, 6.07) is 10.0. The van der Waals surface area contributed by atoms with Gasteiger partial charge >= 0.3 is 0 Å². The van der Waals surface area contributed by atoms with Crippen molar-refractivity contribution in [3.63, 3.8) is 0 Å². The molecule has 0 fully saturated rings. The number of aromatic hydroxyl groups is 1. The minimum absolute atomic E-state index is 0.00347. The van der Waals surface area contributed by atoms with Crippen LogP contribution in [-0.2, 0) is 0 Å². The molecule has 106 valence electrons. The highest BCUT2D eigenvalue weighted by Crippen LogP contribution is 2.16. The van der Waals surface area contributed by atoms with Crippen molar-refractivity contribution in [2.24, 2.45) is 5.73 Å². The third kappa shape index (κ3) is 3.81. The van der Waals surface area contributed by atoms with Crippen LogP contribution in [0.2, 0.25) is 0 Å². The quantitative estimate of drug-likeness (QED) is 0.739. The number of hydrogen-bond donors (Lipinski definition) is 3. The van der Waals surface area contributed by atoms with E-state index in [1.807, 2.05) is 0 Å². The van der Waals surface area contributed by atoms with E-state index in [4.69, 9.17) is 5.73 Å². The Kier molecular flexibility index (Phi) is 4.54. The zero-order chi connectivity index (χ0) is 15.2. The largest absolute Gasteiger partial charge is 0.508 e. The van der Waals surface area contributed by atoms with Crippen LogP contribution in [0.4, 0.5) is 10.1 Å². The number of nitrogens with two attached hydrogens (primary N) is 1. The normalized spacial score (nSPS) is 9.62. The van der Waals surface area contributed by atoms with Gasteiger partial charge in [-0.3, -0.25) is 4.79 Å². The summed E-state index contributed by atoms with van der Waals surface area (Å²) in [5.74, 6) is 4.26. The van der Waals surface area contributed by atoms with Crippen LogP contribution in [0.25, 0.3) is 0 Å². The third-order valence-corrected chi connectivity index (χ3v) is 2.66. The standard InChI is InChI=1S/C16H13FN2O2/c17-15-7-6-13(9-11(15)4-2-8-18)19-16(21)12-3-1-5-14(20)10-12/h1,3,5-7,9-10,20H,8,18H2,(H,19,21). The predicted octanol–water partition coefficient (Wildman–Crippen LogP) is 2.09. The smallest absolute Gasteiger partial charge is 0.255 e. The summed E-state index contributed by atoms with van der Waals surface area (Å²) < 4.78 is 13.5. The van der Waals surface area contributed by atoms with Gasteiger partial charge in [-0.2, -0.15) is 0 Å². The Morgan fingerprint density at radius 3 is 2.81 bits per heavy atom. The fraction of sp³-hybridized carbons (Fsp3) is 0.0625. The summed E-state index contributed by atoms with van der Waals surface area (Å²) in [5.41, 5.74) is 6.12. The van der Waals surface area contributed by atoms with Crippen LogP contribution >= 0.6 is 0 Å². The summed E-state index contributed by atoms with van der Waals surface area (Å²) in [6.45, 7) is 0.124. The molecule has 0 heterocycles. The number of hydrogen-bond acceptors (Lipinski definition) is 3. The van der Waals surface area contributed by atoms with E-state index in [2.05, 4.69) is 17.2 Å². The Hall–Kier alpha value is -2.84. The van der Waals surface area contributed by atoms with E-state index in [1.54, 1.807) is 12.1 Å². The molecule has 0 radical (unpaired) electrons. The molecule has 0 atom stereocenters. The third-order valence-electron chi connectivity index (χ3n) is 2.66. The lowest BCUT2D eigenvalue weighted by molar-refractivity contribution is 0.102. The average Bonchev–Trinajstić information content (AvgIpc) is 2.47. The molecule has 0 saturated heterocycles. The zero-order valence-electron chi connectivity index (χ0n) is 11.1. The van der Waals surface area contributed by atoms with Crippen molar-refractivity contribution in [1.82, 2.24) is 0 Å². The van der Waals surface area contributed by atoms with Crippen LogP contribution in [0, 0.1) is 17.7 Å². The second-order valence-corrected chi connectivity index (χ2v) is 4.20. The highest BCUT2D eigenvalue weighted by atomic mass is 19.1. The molecular weight excluding hydrogens is 271 g/mol. The van der Waals surface area contributed by atoms with Crippen LogP contribution in [-0.4, -0.2) is 17.6 Å². The van der Waals surface area contributed by atoms with Gasteiger partial charge < -0.3 is 16.2 Å². The van der Waals surface area contributed by atoms with Gasteiger partial charge in [0.05, 0.1) is 12.1 Å². The van der Waals surface area contributed by atoms with E-state index in [-0.39, 0.29) is 17.9 Å². The Morgan fingerprint density at radius 1 is 1.29 bits per heavy atom. The van der Waals surface area contributed by atoms with Gasteiger partial charge in [0.25, 0.3) is 5.91 Å². The Labute approximate surface area is 121 Å². The number of phenols is 1. The van der Waals surface area contributed by atoms with Gasteiger partial charge in [-0.15, -0.1) is 0 Å². The molecule has 0 saturated carbocycles. The molecule has 2 aromatic rings. The van der Waals surface area contributed by atoms with Gasteiger partial charge in [-0.05, 0) is 36.4 Å². The Balaban J connectivity index is 2.21. The van der Waals surface area contributed by atoms with E-state index in [9.17, 15) is 14.3 Å². The SMILES string of the molecule is NCC#Cc1cc(NC(=O)c2cccc(O)c2)ccc1F. The van der Waals surface area contributed by atoms with Gasteiger partial charge in [0.15, 0.2) is 0 Å². The molecule has 0 aliphatic carbocycles. The maximum Gasteiger partial charge on any atom is 0.255 e. The highest BCUT2D eigenvalue weighted by Gasteiger charge is 2.08. The number of amides is 1. The molecule has 2 rings (SSSR count). The fourth-order valence-corrected chi connectivity index (χ4v) is 1.70. The van der Waals surface area contributed by atoms with Crippen molar-refractivity contribution in [2.45, 2.75) is 0 Å². The lowest BCUT2D eigenvalue weighted by Gasteiger charge is -2.06. The molecular formula is C16H13FN2O2. The Bertz CT molecular complexity index is 733. The van der Waals surface area contributed by atoms with E-state index in [1.165, 1.54) is 30.3 Å². The van der Waals surface area contributed by atoms with E-state index in [0.717, 1.165) is 0 Å². The minimum Gasteiger partial charge on any atom is -0.508 e. The summed E-state index contributed by atoms with van der Waals surface area (Å²) in [4.78, 5) is 12.0. The van der Waals surface area contributed by atoms with Gasteiger partial charge in [0, 0.05) is 11.3 Å². The first-order chi connectivity index (χ1) is 10.1. The highest BCUT2D eigenvalue weighted by molar-refractivity contribution is 6.04. The van der Waals surface area contributed by atoms with Crippen LogP contribution in [0.15, 0.2) is 42.5 Å².